The predicted octanol–water partition coefficient (Wildman–Crippen LogP) is 0.804. The van der Waals surface area contributed by atoms with Gasteiger partial charge in [0.2, 0.25) is 0 Å². The van der Waals surface area contributed by atoms with Crippen LogP contribution >= 0.6 is 0 Å². The lowest BCUT2D eigenvalue weighted by Crippen LogP contribution is -2.25. The van der Waals surface area contributed by atoms with Crippen LogP contribution in [0.4, 0.5) is 0 Å². The second-order valence-corrected chi connectivity index (χ2v) is 3.25. The summed E-state index contributed by atoms with van der Waals surface area (Å²) in [5.41, 5.74) is 1.77. The van der Waals surface area contributed by atoms with Crippen molar-refractivity contribution in [3.63, 3.8) is 0 Å². The third-order valence-corrected chi connectivity index (χ3v) is 1.47. The van der Waals surface area contributed by atoms with E-state index in [1.54, 1.807) is 12.6 Å². The second-order valence-electron chi connectivity index (χ2n) is 3.25. The van der Waals surface area contributed by atoms with Crippen LogP contribution in [-0.4, -0.2) is 12.4 Å². The zero-order valence-corrected chi connectivity index (χ0v) is 8.07. The first kappa shape index (κ1) is 11.9. The Morgan fingerprint density at radius 2 is 2.08 bits per heavy atom. The molecule has 0 aliphatic rings. The summed E-state index contributed by atoms with van der Waals surface area (Å²) in [6, 6.07) is 0. The molecule has 13 heavy (non-hydrogen) atoms. The van der Waals surface area contributed by atoms with Gasteiger partial charge in [-0.05, 0) is 12.3 Å². The van der Waals surface area contributed by atoms with E-state index in [0.29, 0.717) is 5.92 Å². The fourth-order valence-electron chi connectivity index (χ4n) is 0.989. The van der Waals surface area contributed by atoms with Gasteiger partial charge in [-0.3, -0.25) is 4.79 Å². The first-order valence-electron chi connectivity index (χ1n) is 4.13. The highest BCUT2D eigenvalue weighted by Crippen LogP contribution is 2.11. The van der Waals surface area contributed by atoms with Crippen LogP contribution in [0.5, 0.6) is 0 Å². The fraction of sp³-hybridized carbons (Fsp3) is 0.750. The first-order chi connectivity index (χ1) is 6.07. The SMILES string of the molecule is CC(C)CC(C)C(=O)ONOC=O. The molecule has 0 aromatic rings. The van der Waals surface area contributed by atoms with Crippen molar-refractivity contribution in [2.24, 2.45) is 11.8 Å². The van der Waals surface area contributed by atoms with E-state index in [4.69, 9.17) is 0 Å². The van der Waals surface area contributed by atoms with E-state index in [-0.39, 0.29) is 12.4 Å². The van der Waals surface area contributed by atoms with Gasteiger partial charge in [0.1, 0.15) is 0 Å². The lowest BCUT2D eigenvalue weighted by Gasteiger charge is -2.11. The van der Waals surface area contributed by atoms with E-state index in [2.05, 4.69) is 9.68 Å². The van der Waals surface area contributed by atoms with Gasteiger partial charge in [-0.1, -0.05) is 20.8 Å². The van der Waals surface area contributed by atoms with Gasteiger partial charge in [0.05, 0.1) is 5.92 Å². The summed E-state index contributed by atoms with van der Waals surface area (Å²) < 4.78 is 0. The minimum absolute atomic E-state index is 0.139. The Morgan fingerprint density at radius 1 is 1.46 bits per heavy atom. The Hall–Kier alpha value is -1.10. The predicted molar refractivity (Wildman–Crippen MR) is 45.0 cm³/mol. The number of hydrogen-bond acceptors (Lipinski definition) is 5. The van der Waals surface area contributed by atoms with Gasteiger partial charge in [-0.15, -0.1) is 0 Å². The van der Waals surface area contributed by atoms with Crippen molar-refractivity contribution < 1.29 is 19.3 Å². The lowest BCUT2D eigenvalue weighted by atomic mass is 9.99. The van der Waals surface area contributed by atoms with Crippen LogP contribution in [0.15, 0.2) is 0 Å². The van der Waals surface area contributed by atoms with Gasteiger partial charge in [-0.25, -0.2) is 4.79 Å². The Balaban J connectivity index is 3.62. The number of nitrogens with one attached hydrogen (secondary N) is 1. The summed E-state index contributed by atoms with van der Waals surface area (Å²) in [7, 11) is 0. The monoisotopic (exact) mass is 189 g/mol. The quantitative estimate of drug-likeness (QED) is 0.380. The molecule has 1 unspecified atom stereocenters. The van der Waals surface area contributed by atoms with Crippen molar-refractivity contribution in [2.45, 2.75) is 27.2 Å². The average Bonchev–Trinajstić information content (AvgIpc) is 2.03. The van der Waals surface area contributed by atoms with Crippen molar-refractivity contribution >= 4 is 12.4 Å². The summed E-state index contributed by atoms with van der Waals surface area (Å²) >= 11 is 0. The van der Waals surface area contributed by atoms with Crippen LogP contribution in [0.2, 0.25) is 0 Å². The van der Waals surface area contributed by atoms with Crippen LogP contribution in [0.1, 0.15) is 27.2 Å². The second kappa shape index (κ2) is 6.42. The molecule has 5 heteroatoms. The molecule has 0 heterocycles. The Kier molecular flexibility index (Phi) is 5.88. The van der Waals surface area contributed by atoms with E-state index >= 15 is 0 Å². The van der Waals surface area contributed by atoms with Crippen molar-refractivity contribution in [3.05, 3.63) is 0 Å². The molecule has 0 saturated carbocycles. The molecule has 5 nitrogen and oxygen atoms in total. The molecule has 0 aromatic carbocycles. The lowest BCUT2D eigenvalue weighted by molar-refractivity contribution is -0.193. The molecular weight excluding hydrogens is 174 g/mol. The van der Waals surface area contributed by atoms with Crippen molar-refractivity contribution in [1.29, 1.82) is 0 Å². The molecular formula is C8H15NO4. The Morgan fingerprint density at radius 3 is 2.54 bits per heavy atom. The molecule has 0 aliphatic carbocycles. The summed E-state index contributed by atoms with van der Waals surface area (Å²) in [5.74, 6) is -0.215. The molecule has 0 bridgehead atoms. The molecule has 0 fully saturated rings. The van der Waals surface area contributed by atoms with Gasteiger partial charge in [0.25, 0.3) is 0 Å². The Bertz CT molecular complexity index is 170. The zero-order valence-electron chi connectivity index (χ0n) is 8.07. The minimum atomic E-state index is -0.435. The van der Waals surface area contributed by atoms with Crippen molar-refractivity contribution in [1.82, 2.24) is 5.64 Å². The summed E-state index contributed by atoms with van der Waals surface area (Å²) in [6.07, 6.45) is 0.738. The highest BCUT2D eigenvalue weighted by Gasteiger charge is 2.16. The standard InChI is InChI=1S/C8H15NO4/c1-6(2)4-7(3)8(11)13-9-12-5-10/h5-7,9H,4H2,1-3H3. The van der Waals surface area contributed by atoms with E-state index in [1.165, 1.54) is 0 Å². The van der Waals surface area contributed by atoms with Crippen molar-refractivity contribution in [2.75, 3.05) is 0 Å². The van der Waals surface area contributed by atoms with Gasteiger partial charge >= 0.3 is 12.4 Å². The Labute approximate surface area is 77.3 Å². The molecule has 0 aliphatic heterocycles. The van der Waals surface area contributed by atoms with Gasteiger partial charge in [0, 0.05) is 5.64 Å². The molecule has 0 aromatic heterocycles. The number of hydrogen-bond donors (Lipinski definition) is 1. The molecule has 1 N–H and O–H groups in total. The molecule has 0 radical (unpaired) electrons. The zero-order chi connectivity index (χ0) is 10.3. The highest BCUT2D eigenvalue weighted by atomic mass is 16.9. The van der Waals surface area contributed by atoms with Crippen LogP contribution in [0.3, 0.4) is 0 Å². The third kappa shape index (κ3) is 6.10. The summed E-state index contributed by atoms with van der Waals surface area (Å²) in [4.78, 5) is 29.1. The maximum atomic E-state index is 11.1. The molecule has 76 valence electrons. The van der Waals surface area contributed by atoms with E-state index in [1.807, 2.05) is 13.8 Å². The van der Waals surface area contributed by atoms with E-state index in [9.17, 15) is 9.59 Å². The van der Waals surface area contributed by atoms with Crippen LogP contribution in [0, 0.1) is 11.8 Å². The topological polar surface area (TPSA) is 64.6 Å². The first-order valence-corrected chi connectivity index (χ1v) is 4.13. The smallest absolute Gasteiger partial charge is 0.331 e. The summed E-state index contributed by atoms with van der Waals surface area (Å²) in [5, 5.41) is 0. The summed E-state index contributed by atoms with van der Waals surface area (Å²) in [6.45, 7) is 5.92. The molecule has 0 rings (SSSR count). The van der Waals surface area contributed by atoms with E-state index in [0.717, 1.165) is 6.42 Å². The normalized spacial score (nSPS) is 12.3. The number of rotatable bonds is 6. The van der Waals surface area contributed by atoms with Gasteiger partial charge in [0.15, 0.2) is 0 Å². The van der Waals surface area contributed by atoms with Crippen LogP contribution in [0.25, 0.3) is 0 Å². The van der Waals surface area contributed by atoms with Gasteiger partial charge in [-0.2, -0.15) is 0 Å². The molecule has 0 spiro atoms. The van der Waals surface area contributed by atoms with E-state index < -0.39 is 5.97 Å². The number of carbonyl (C=O) groups excluding carboxylic acids is 2. The number of carbonyl (C=O) groups is 2. The maximum absolute atomic E-state index is 11.1. The van der Waals surface area contributed by atoms with Crippen LogP contribution in [-0.2, 0) is 19.3 Å². The maximum Gasteiger partial charge on any atom is 0.331 e. The van der Waals surface area contributed by atoms with Gasteiger partial charge < -0.3 is 9.68 Å². The van der Waals surface area contributed by atoms with Crippen molar-refractivity contribution in [3.8, 4) is 0 Å². The average molecular weight is 189 g/mol. The highest BCUT2D eigenvalue weighted by molar-refractivity contribution is 5.71. The molecule has 0 saturated heterocycles. The largest absolute Gasteiger partial charge is 0.338 e. The molecule has 1 atom stereocenters. The minimum Gasteiger partial charge on any atom is -0.338 e. The van der Waals surface area contributed by atoms with Crippen LogP contribution < -0.4 is 5.64 Å². The third-order valence-electron chi connectivity index (χ3n) is 1.47. The fourth-order valence-corrected chi connectivity index (χ4v) is 0.989. The molecule has 0 amide bonds.